The number of carbonyl (C=O) groups is 2. The van der Waals surface area contributed by atoms with E-state index in [0.29, 0.717) is 26.1 Å². The smallest absolute Gasteiger partial charge is 0.335 e. The molecule has 0 aromatic heterocycles. The van der Waals surface area contributed by atoms with E-state index in [1.807, 2.05) is 0 Å². The molecule has 0 bridgehead atoms. The van der Waals surface area contributed by atoms with Gasteiger partial charge in [-0.05, 0) is 37.5 Å². The predicted octanol–water partition coefficient (Wildman–Crippen LogP) is 5.83. The fourth-order valence-corrected chi connectivity index (χ4v) is 3.53. The molecule has 0 spiro atoms. The zero-order chi connectivity index (χ0) is 21.5. The first-order valence-electron chi connectivity index (χ1n) is 11.9. The van der Waals surface area contributed by atoms with Crippen LogP contribution in [-0.4, -0.2) is 37.4 Å². The van der Waals surface area contributed by atoms with Gasteiger partial charge in [-0.1, -0.05) is 79.1 Å². The van der Waals surface area contributed by atoms with Crippen molar-refractivity contribution in [1.82, 2.24) is 0 Å². The van der Waals surface area contributed by atoms with Crippen LogP contribution in [0.1, 0.15) is 105 Å². The summed E-state index contributed by atoms with van der Waals surface area (Å²) in [5.74, 6) is 0.823. The molecule has 5 heteroatoms. The predicted molar refractivity (Wildman–Crippen MR) is 116 cm³/mol. The Bertz CT molecular complexity index is 407. The number of carbonyl (C=O) groups excluding carboxylic acids is 2. The average Bonchev–Trinajstić information content (AvgIpc) is 3.16. The monoisotopic (exact) mass is 412 g/mol. The molecule has 1 heterocycles. The maximum atomic E-state index is 12.1. The van der Waals surface area contributed by atoms with Crippen LogP contribution < -0.4 is 0 Å². The van der Waals surface area contributed by atoms with Gasteiger partial charge in [-0.25, -0.2) is 9.59 Å². The van der Waals surface area contributed by atoms with Crippen molar-refractivity contribution in [3.05, 3.63) is 0 Å². The minimum absolute atomic E-state index is 0.340. The first-order chi connectivity index (χ1) is 13.9. The van der Waals surface area contributed by atoms with E-state index >= 15 is 0 Å². The fourth-order valence-electron chi connectivity index (χ4n) is 3.53. The summed E-state index contributed by atoms with van der Waals surface area (Å²) in [5.41, 5.74) is 0. The molecule has 0 N–H and O–H groups in total. The van der Waals surface area contributed by atoms with Crippen LogP contribution in [0.2, 0.25) is 0 Å². The van der Waals surface area contributed by atoms with E-state index in [9.17, 15) is 9.59 Å². The zero-order valence-electron chi connectivity index (χ0n) is 19.3. The van der Waals surface area contributed by atoms with Crippen molar-refractivity contribution in [3.8, 4) is 0 Å². The third-order valence-corrected chi connectivity index (χ3v) is 5.39. The second-order valence-electron chi connectivity index (χ2n) is 9.22. The van der Waals surface area contributed by atoms with Gasteiger partial charge in [0.05, 0.1) is 13.2 Å². The molecule has 0 aromatic carbocycles. The SMILES string of the molecule is CC(C)CCCCCCOC(=O)C1CCC(C(=O)OCCCCCCC(C)C)O1. The molecular formula is C24H44O5. The number of hydrogen-bond acceptors (Lipinski definition) is 5. The Hall–Kier alpha value is -1.10. The summed E-state index contributed by atoms with van der Waals surface area (Å²) < 4.78 is 16.2. The Morgan fingerprint density at radius 3 is 1.45 bits per heavy atom. The van der Waals surface area contributed by atoms with Crippen LogP contribution in [0.3, 0.4) is 0 Å². The molecule has 0 aromatic rings. The van der Waals surface area contributed by atoms with E-state index in [-0.39, 0.29) is 11.9 Å². The Labute approximate surface area is 178 Å². The molecule has 1 aliphatic heterocycles. The van der Waals surface area contributed by atoms with Crippen LogP contribution >= 0.6 is 0 Å². The first-order valence-corrected chi connectivity index (χ1v) is 11.9. The Kier molecular flexibility index (Phi) is 14.0. The molecule has 170 valence electrons. The van der Waals surface area contributed by atoms with E-state index in [1.54, 1.807) is 0 Å². The highest BCUT2D eigenvalue weighted by Gasteiger charge is 2.36. The molecule has 0 amide bonds. The van der Waals surface area contributed by atoms with Crippen molar-refractivity contribution < 1.29 is 23.8 Å². The van der Waals surface area contributed by atoms with Gasteiger partial charge < -0.3 is 14.2 Å². The Morgan fingerprint density at radius 1 is 0.690 bits per heavy atom. The number of esters is 2. The summed E-state index contributed by atoms with van der Waals surface area (Å²) in [5, 5.41) is 0. The molecular weight excluding hydrogens is 368 g/mol. The van der Waals surface area contributed by atoms with Crippen LogP contribution in [0.5, 0.6) is 0 Å². The van der Waals surface area contributed by atoms with Gasteiger partial charge in [-0.3, -0.25) is 0 Å². The van der Waals surface area contributed by atoms with Crippen LogP contribution in [0.4, 0.5) is 0 Å². The van der Waals surface area contributed by atoms with E-state index in [0.717, 1.165) is 37.5 Å². The largest absolute Gasteiger partial charge is 0.464 e. The van der Waals surface area contributed by atoms with Crippen LogP contribution in [0.15, 0.2) is 0 Å². The van der Waals surface area contributed by atoms with Gasteiger partial charge in [0, 0.05) is 0 Å². The third kappa shape index (κ3) is 12.9. The summed E-state index contributed by atoms with van der Waals surface area (Å²) in [4.78, 5) is 24.2. The summed E-state index contributed by atoms with van der Waals surface area (Å²) in [6.07, 6.45) is 11.1. The standard InChI is InChI=1S/C24H44O5/c1-19(2)13-9-5-7-11-17-27-23(25)21-15-16-22(29-21)24(26)28-18-12-8-6-10-14-20(3)4/h19-22H,5-18H2,1-4H3. The number of rotatable bonds is 16. The topological polar surface area (TPSA) is 61.8 Å². The van der Waals surface area contributed by atoms with Gasteiger partial charge in [-0.15, -0.1) is 0 Å². The Balaban J connectivity index is 2.04. The molecule has 1 fully saturated rings. The molecule has 1 aliphatic rings. The molecule has 5 nitrogen and oxygen atoms in total. The lowest BCUT2D eigenvalue weighted by molar-refractivity contribution is -0.165. The molecule has 1 saturated heterocycles. The highest BCUT2D eigenvalue weighted by atomic mass is 16.6. The maximum Gasteiger partial charge on any atom is 0.335 e. The van der Waals surface area contributed by atoms with Gasteiger partial charge in [0.25, 0.3) is 0 Å². The lowest BCUT2D eigenvalue weighted by atomic mass is 10.0. The minimum Gasteiger partial charge on any atom is -0.464 e. The summed E-state index contributed by atoms with van der Waals surface area (Å²) in [6.45, 7) is 9.82. The van der Waals surface area contributed by atoms with Crippen LogP contribution in [0, 0.1) is 11.8 Å². The molecule has 0 aliphatic carbocycles. The van der Waals surface area contributed by atoms with Crippen molar-refractivity contribution in [2.45, 2.75) is 117 Å². The van der Waals surface area contributed by atoms with Crippen LogP contribution in [-0.2, 0) is 23.8 Å². The zero-order valence-corrected chi connectivity index (χ0v) is 19.3. The first kappa shape index (κ1) is 25.9. The second kappa shape index (κ2) is 15.7. The molecule has 29 heavy (non-hydrogen) atoms. The van der Waals surface area contributed by atoms with Gasteiger partial charge in [0.2, 0.25) is 0 Å². The molecule has 1 rings (SSSR count). The van der Waals surface area contributed by atoms with Crippen molar-refractivity contribution in [1.29, 1.82) is 0 Å². The van der Waals surface area contributed by atoms with Crippen molar-refractivity contribution >= 4 is 11.9 Å². The van der Waals surface area contributed by atoms with Gasteiger partial charge in [-0.2, -0.15) is 0 Å². The van der Waals surface area contributed by atoms with E-state index in [1.165, 1.54) is 38.5 Å². The summed E-state index contributed by atoms with van der Waals surface area (Å²) in [6, 6.07) is 0. The van der Waals surface area contributed by atoms with Crippen molar-refractivity contribution in [2.24, 2.45) is 11.8 Å². The van der Waals surface area contributed by atoms with E-state index < -0.39 is 12.2 Å². The maximum absolute atomic E-state index is 12.1. The quantitative estimate of drug-likeness (QED) is 0.236. The number of ether oxygens (including phenoxy) is 3. The average molecular weight is 413 g/mol. The highest BCUT2D eigenvalue weighted by molar-refractivity contribution is 5.79. The lowest BCUT2D eigenvalue weighted by Crippen LogP contribution is -2.28. The van der Waals surface area contributed by atoms with Crippen molar-refractivity contribution in [3.63, 3.8) is 0 Å². The van der Waals surface area contributed by atoms with Crippen LogP contribution in [0.25, 0.3) is 0 Å². The number of unbranched alkanes of at least 4 members (excludes halogenated alkanes) is 6. The highest BCUT2D eigenvalue weighted by Crippen LogP contribution is 2.22. The summed E-state index contributed by atoms with van der Waals surface area (Å²) >= 11 is 0. The van der Waals surface area contributed by atoms with E-state index in [2.05, 4.69) is 27.7 Å². The van der Waals surface area contributed by atoms with Crippen molar-refractivity contribution in [2.75, 3.05) is 13.2 Å². The van der Waals surface area contributed by atoms with Gasteiger partial charge in [0.15, 0.2) is 12.2 Å². The normalized spacial score (nSPS) is 19.1. The minimum atomic E-state index is -0.621. The molecule has 0 radical (unpaired) electrons. The van der Waals surface area contributed by atoms with Gasteiger partial charge in [0.1, 0.15) is 0 Å². The molecule has 2 unspecified atom stereocenters. The summed E-state index contributed by atoms with van der Waals surface area (Å²) in [7, 11) is 0. The van der Waals surface area contributed by atoms with Gasteiger partial charge >= 0.3 is 11.9 Å². The fraction of sp³-hybridized carbons (Fsp3) is 0.917. The third-order valence-electron chi connectivity index (χ3n) is 5.39. The Morgan fingerprint density at radius 2 is 1.07 bits per heavy atom. The molecule has 2 atom stereocenters. The second-order valence-corrected chi connectivity index (χ2v) is 9.22. The van der Waals surface area contributed by atoms with E-state index in [4.69, 9.17) is 14.2 Å². The lowest BCUT2D eigenvalue weighted by Gasteiger charge is -2.13. The molecule has 0 saturated carbocycles. The number of hydrogen-bond donors (Lipinski definition) is 0.